The van der Waals surface area contributed by atoms with Crippen LogP contribution in [0.15, 0.2) is 65.0 Å². The molecule has 2 aliphatic rings. The Morgan fingerprint density at radius 3 is 2.45 bits per heavy atom. The number of carbonyl (C=O) groups is 2. The average Bonchev–Trinajstić information content (AvgIpc) is 2.82. The van der Waals surface area contributed by atoms with Gasteiger partial charge in [-0.15, -0.1) is 0 Å². The number of esters is 1. The summed E-state index contributed by atoms with van der Waals surface area (Å²) in [7, 11) is 4.47. The molecule has 172 valence electrons. The van der Waals surface area contributed by atoms with E-state index in [1.165, 1.54) is 7.11 Å². The van der Waals surface area contributed by atoms with E-state index >= 15 is 0 Å². The summed E-state index contributed by atoms with van der Waals surface area (Å²) >= 11 is 6.44. The van der Waals surface area contributed by atoms with Crippen LogP contribution in [-0.4, -0.2) is 33.1 Å². The van der Waals surface area contributed by atoms with E-state index in [1.807, 2.05) is 37.3 Å². The van der Waals surface area contributed by atoms with Crippen molar-refractivity contribution >= 4 is 23.4 Å². The molecule has 0 saturated heterocycles. The number of hydrogen-bond donors (Lipinski definition) is 1. The second-order valence-corrected chi connectivity index (χ2v) is 8.55. The topological polar surface area (TPSA) is 73.9 Å². The number of methoxy groups -OCH3 is 3. The Kier molecular flexibility index (Phi) is 6.47. The molecular formula is C26H26ClNO5. The molecular weight excluding hydrogens is 442 g/mol. The molecule has 1 aliphatic carbocycles. The van der Waals surface area contributed by atoms with Crippen LogP contribution in [0, 0.1) is 0 Å². The highest BCUT2D eigenvalue weighted by Gasteiger charge is 2.42. The number of benzene rings is 2. The zero-order valence-corrected chi connectivity index (χ0v) is 19.8. The molecule has 0 bridgehead atoms. The number of Topliss-reactive ketones (excluding diaryl/α,β-unsaturated/α-hetero) is 1. The van der Waals surface area contributed by atoms with Crippen LogP contribution in [0.25, 0.3) is 0 Å². The first-order chi connectivity index (χ1) is 15.9. The molecule has 0 saturated carbocycles. The van der Waals surface area contributed by atoms with Gasteiger partial charge in [-0.1, -0.05) is 29.8 Å². The molecule has 1 heterocycles. The summed E-state index contributed by atoms with van der Waals surface area (Å²) in [5.41, 5.74) is 3.98. The molecule has 4 rings (SSSR count). The molecule has 0 fully saturated rings. The lowest BCUT2D eigenvalue weighted by atomic mass is 9.71. The van der Waals surface area contributed by atoms with Crippen molar-refractivity contribution in [2.45, 2.75) is 31.6 Å². The van der Waals surface area contributed by atoms with Crippen LogP contribution in [0.1, 0.15) is 42.7 Å². The van der Waals surface area contributed by atoms with Gasteiger partial charge in [0.1, 0.15) is 11.5 Å². The number of carbonyl (C=O) groups excluding carboxylic acids is 2. The fourth-order valence-corrected chi connectivity index (χ4v) is 5.11. The van der Waals surface area contributed by atoms with E-state index in [4.69, 9.17) is 25.8 Å². The Bertz CT molecular complexity index is 1180. The maximum absolute atomic E-state index is 13.6. The van der Waals surface area contributed by atoms with Gasteiger partial charge in [0.05, 0.1) is 32.8 Å². The van der Waals surface area contributed by atoms with Crippen LogP contribution in [0.4, 0.5) is 0 Å². The molecule has 1 aliphatic heterocycles. The fraction of sp³-hybridized carbons (Fsp3) is 0.308. The lowest BCUT2D eigenvalue weighted by Crippen LogP contribution is -2.36. The number of allylic oxidation sites excluding steroid dienone is 3. The van der Waals surface area contributed by atoms with Crippen molar-refractivity contribution in [2.75, 3.05) is 21.3 Å². The predicted octanol–water partition coefficient (Wildman–Crippen LogP) is 4.89. The van der Waals surface area contributed by atoms with Gasteiger partial charge in [0.25, 0.3) is 0 Å². The molecule has 7 heteroatoms. The van der Waals surface area contributed by atoms with Crippen molar-refractivity contribution < 1.29 is 23.8 Å². The van der Waals surface area contributed by atoms with Gasteiger partial charge in [-0.25, -0.2) is 4.79 Å². The van der Waals surface area contributed by atoms with Gasteiger partial charge in [0, 0.05) is 34.0 Å². The van der Waals surface area contributed by atoms with E-state index in [0.717, 1.165) is 11.3 Å². The smallest absolute Gasteiger partial charge is 0.336 e. The summed E-state index contributed by atoms with van der Waals surface area (Å²) in [6, 6.07) is 13.0. The Morgan fingerprint density at radius 1 is 1.03 bits per heavy atom. The van der Waals surface area contributed by atoms with E-state index in [2.05, 4.69) is 5.32 Å². The SMILES string of the molecule is COC(=O)C1=C(C)NC2=C(C(=O)C[C@@H](c3ccccc3Cl)C2)[C@@H]1c1cc(OC)ccc1OC. The standard InChI is InChI=1S/C26H26ClNO5/c1-14-23(26(30)33-4)24(18-13-16(31-2)9-10-22(18)32-3)25-20(28-14)11-15(12-21(25)29)17-7-5-6-8-19(17)27/h5-10,13,15,24,28H,11-12H2,1-4H3/t15-,24+/m0/s1. The molecule has 0 unspecified atom stereocenters. The first-order valence-electron chi connectivity index (χ1n) is 10.7. The minimum atomic E-state index is -0.640. The highest BCUT2D eigenvalue weighted by Crippen LogP contribution is 2.48. The third kappa shape index (κ3) is 4.11. The second kappa shape index (κ2) is 9.32. The van der Waals surface area contributed by atoms with Crippen LogP contribution in [0.2, 0.25) is 5.02 Å². The molecule has 0 spiro atoms. The van der Waals surface area contributed by atoms with Gasteiger partial charge in [-0.3, -0.25) is 4.79 Å². The molecule has 0 amide bonds. The normalized spacial score (nSPS) is 20.2. The minimum absolute atomic E-state index is 0.0440. The van der Waals surface area contributed by atoms with Gasteiger partial charge in [-0.2, -0.15) is 0 Å². The van der Waals surface area contributed by atoms with Gasteiger partial charge >= 0.3 is 5.97 Å². The summed E-state index contributed by atoms with van der Waals surface area (Å²) in [6.45, 7) is 1.82. The number of dihydropyridines is 1. The summed E-state index contributed by atoms with van der Waals surface area (Å²) in [6.07, 6.45) is 0.889. The average molecular weight is 468 g/mol. The number of hydrogen-bond acceptors (Lipinski definition) is 6. The predicted molar refractivity (Wildman–Crippen MR) is 126 cm³/mol. The monoisotopic (exact) mass is 467 g/mol. The van der Waals surface area contributed by atoms with Crippen LogP contribution >= 0.6 is 11.6 Å². The highest BCUT2D eigenvalue weighted by molar-refractivity contribution is 6.31. The maximum Gasteiger partial charge on any atom is 0.336 e. The number of ether oxygens (including phenoxy) is 3. The Morgan fingerprint density at radius 2 is 1.79 bits per heavy atom. The lowest BCUT2D eigenvalue weighted by molar-refractivity contribution is -0.136. The molecule has 2 aromatic carbocycles. The molecule has 0 aromatic heterocycles. The Balaban J connectivity index is 1.89. The van der Waals surface area contributed by atoms with Crippen LogP contribution in [0.3, 0.4) is 0 Å². The van der Waals surface area contributed by atoms with Crippen LogP contribution < -0.4 is 14.8 Å². The van der Waals surface area contributed by atoms with Crippen molar-refractivity contribution in [1.82, 2.24) is 5.32 Å². The first kappa shape index (κ1) is 22.9. The maximum atomic E-state index is 13.6. The summed E-state index contributed by atoms with van der Waals surface area (Å²) < 4.78 is 16.1. The summed E-state index contributed by atoms with van der Waals surface area (Å²) in [4.78, 5) is 26.5. The van der Waals surface area contributed by atoms with Gasteiger partial charge in [0.15, 0.2) is 5.78 Å². The van der Waals surface area contributed by atoms with E-state index in [0.29, 0.717) is 51.8 Å². The minimum Gasteiger partial charge on any atom is -0.497 e. The van der Waals surface area contributed by atoms with E-state index in [1.54, 1.807) is 26.4 Å². The number of ketones is 1. The fourth-order valence-electron chi connectivity index (χ4n) is 4.82. The quantitative estimate of drug-likeness (QED) is 0.631. The summed E-state index contributed by atoms with van der Waals surface area (Å²) in [5, 5.41) is 3.96. The third-order valence-electron chi connectivity index (χ3n) is 6.33. The zero-order valence-electron chi connectivity index (χ0n) is 19.0. The van der Waals surface area contributed by atoms with E-state index in [-0.39, 0.29) is 11.7 Å². The molecule has 2 aromatic rings. The molecule has 1 N–H and O–H groups in total. The van der Waals surface area contributed by atoms with Gasteiger partial charge in [0.2, 0.25) is 0 Å². The Labute approximate surface area is 198 Å². The lowest BCUT2D eigenvalue weighted by Gasteiger charge is -2.37. The molecule has 0 radical (unpaired) electrons. The number of rotatable bonds is 5. The van der Waals surface area contributed by atoms with Crippen LogP contribution in [-0.2, 0) is 14.3 Å². The largest absolute Gasteiger partial charge is 0.497 e. The molecule has 6 nitrogen and oxygen atoms in total. The zero-order chi connectivity index (χ0) is 23.7. The highest BCUT2D eigenvalue weighted by atomic mass is 35.5. The van der Waals surface area contributed by atoms with Gasteiger partial charge in [-0.05, 0) is 49.1 Å². The third-order valence-corrected chi connectivity index (χ3v) is 6.67. The van der Waals surface area contributed by atoms with Crippen molar-refractivity contribution in [1.29, 1.82) is 0 Å². The van der Waals surface area contributed by atoms with Crippen molar-refractivity contribution in [3.63, 3.8) is 0 Å². The number of nitrogens with one attached hydrogen (secondary N) is 1. The second-order valence-electron chi connectivity index (χ2n) is 8.14. The number of halogens is 1. The van der Waals surface area contributed by atoms with Crippen molar-refractivity contribution in [3.05, 3.63) is 81.2 Å². The van der Waals surface area contributed by atoms with E-state index in [9.17, 15) is 9.59 Å². The van der Waals surface area contributed by atoms with E-state index < -0.39 is 11.9 Å². The van der Waals surface area contributed by atoms with Crippen molar-refractivity contribution in [3.8, 4) is 11.5 Å². The Hall–Kier alpha value is -3.25. The van der Waals surface area contributed by atoms with Gasteiger partial charge < -0.3 is 19.5 Å². The summed E-state index contributed by atoms with van der Waals surface area (Å²) in [5.74, 6) is -0.0774. The first-order valence-corrected chi connectivity index (χ1v) is 11.1. The van der Waals surface area contributed by atoms with Crippen LogP contribution in [0.5, 0.6) is 11.5 Å². The molecule has 2 atom stereocenters. The molecule has 33 heavy (non-hydrogen) atoms. The van der Waals surface area contributed by atoms with Crippen molar-refractivity contribution in [2.24, 2.45) is 0 Å².